The smallest absolute Gasteiger partial charge is 0.305 e. The van der Waals surface area contributed by atoms with Crippen molar-refractivity contribution in [2.24, 2.45) is 0 Å². The predicted molar refractivity (Wildman–Crippen MR) is 250 cm³/mol. The van der Waals surface area contributed by atoms with Crippen LogP contribution in [0.5, 0.6) is 0 Å². The zero-order valence-corrected chi connectivity index (χ0v) is 38.8. The summed E-state index contributed by atoms with van der Waals surface area (Å²) in [6.07, 6.45) is 55.7. The van der Waals surface area contributed by atoms with Crippen molar-refractivity contribution in [1.82, 2.24) is 5.32 Å². The summed E-state index contributed by atoms with van der Waals surface area (Å²) in [4.78, 5) is 24.4. The second kappa shape index (κ2) is 48.0. The molecule has 0 rings (SSSR count). The second-order valence-corrected chi connectivity index (χ2v) is 17.5. The summed E-state index contributed by atoms with van der Waals surface area (Å²) >= 11 is 0. The highest BCUT2D eigenvalue weighted by atomic mass is 16.5. The van der Waals surface area contributed by atoms with Crippen LogP contribution in [0.15, 0.2) is 24.3 Å². The Labute approximate surface area is 361 Å². The van der Waals surface area contributed by atoms with Gasteiger partial charge >= 0.3 is 5.97 Å². The molecule has 6 nitrogen and oxygen atoms in total. The highest BCUT2D eigenvalue weighted by molar-refractivity contribution is 5.76. The first-order chi connectivity index (χ1) is 28.5. The topological polar surface area (TPSA) is 95.9 Å². The Morgan fingerprint density at radius 2 is 0.810 bits per heavy atom. The molecule has 58 heavy (non-hydrogen) atoms. The number of unbranched alkanes of at least 4 members (excludes halogenated alkanes) is 32. The van der Waals surface area contributed by atoms with E-state index in [0.717, 1.165) is 57.8 Å². The van der Waals surface area contributed by atoms with Gasteiger partial charge in [0.25, 0.3) is 0 Å². The lowest BCUT2D eigenvalue weighted by atomic mass is 10.0. The molecule has 342 valence electrons. The first kappa shape index (κ1) is 56.3. The van der Waals surface area contributed by atoms with E-state index in [1.165, 1.54) is 180 Å². The van der Waals surface area contributed by atoms with Gasteiger partial charge in [-0.15, -0.1) is 0 Å². The van der Waals surface area contributed by atoms with Crippen molar-refractivity contribution in [1.29, 1.82) is 0 Å². The number of aliphatic hydroxyl groups is 2. The molecule has 0 heterocycles. The minimum Gasteiger partial charge on any atom is -0.466 e. The third-order valence-corrected chi connectivity index (χ3v) is 11.7. The molecule has 0 aliphatic heterocycles. The van der Waals surface area contributed by atoms with Crippen LogP contribution < -0.4 is 5.32 Å². The van der Waals surface area contributed by atoms with E-state index in [4.69, 9.17) is 4.74 Å². The van der Waals surface area contributed by atoms with Crippen molar-refractivity contribution < 1.29 is 24.5 Å². The lowest BCUT2D eigenvalue weighted by Crippen LogP contribution is -2.45. The van der Waals surface area contributed by atoms with Crippen molar-refractivity contribution in [3.8, 4) is 0 Å². The van der Waals surface area contributed by atoms with Gasteiger partial charge in [0.15, 0.2) is 0 Å². The molecule has 3 N–H and O–H groups in total. The number of allylic oxidation sites excluding steroid dienone is 4. The van der Waals surface area contributed by atoms with E-state index >= 15 is 0 Å². The molecule has 0 radical (unpaired) electrons. The fraction of sp³-hybridized carbons (Fsp3) is 0.885. The van der Waals surface area contributed by atoms with Gasteiger partial charge in [0.2, 0.25) is 5.91 Å². The number of amides is 1. The Balaban J connectivity index is 3.45. The number of aliphatic hydroxyl groups excluding tert-OH is 2. The molecule has 0 aliphatic carbocycles. The zero-order chi connectivity index (χ0) is 42.3. The van der Waals surface area contributed by atoms with Gasteiger partial charge in [-0.3, -0.25) is 9.59 Å². The van der Waals surface area contributed by atoms with E-state index < -0.39 is 12.1 Å². The van der Waals surface area contributed by atoms with Gasteiger partial charge in [-0.2, -0.15) is 0 Å². The van der Waals surface area contributed by atoms with Gasteiger partial charge < -0.3 is 20.3 Å². The number of hydrogen-bond donors (Lipinski definition) is 3. The number of nitrogens with one attached hydrogen (secondary N) is 1. The molecule has 0 saturated heterocycles. The van der Waals surface area contributed by atoms with Crippen LogP contribution >= 0.6 is 0 Å². The molecule has 2 unspecified atom stereocenters. The highest BCUT2D eigenvalue weighted by Gasteiger charge is 2.20. The maximum Gasteiger partial charge on any atom is 0.305 e. The van der Waals surface area contributed by atoms with E-state index in [0.29, 0.717) is 25.9 Å². The zero-order valence-electron chi connectivity index (χ0n) is 38.8. The Morgan fingerprint density at radius 1 is 0.466 bits per heavy atom. The third-order valence-electron chi connectivity index (χ3n) is 11.7. The molecule has 0 bridgehead atoms. The quantitative estimate of drug-likeness (QED) is 0.0323. The summed E-state index contributed by atoms with van der Waals surface area (Å²) in [7, 11) is 0. The largest absolute Gasteiger partial charge is 0.466 e. The van der Waals surface area contributed by atoms with Crippen LogP contribution in [0.4, 0.5) is 0 Å². The lowest BCUT2D eigenvalue weighted by Gasteiger charge is -2.22. The van der Waals surface area contributed by atoms with Crippen molar-refractivity contribution in [2.75, 3.05) is 13.2 Å². The van der Waals surface area contributed by atoms with Crippen LogP contribution in [-0.4, -0.2) is 47.4 Å². The highest BCUT2D eigenvalue weighted by Crippen LogP contribution is 2.15. The average Bonchev–Trinajstić information content (AvgIpc) is 3.22. The molecule has 1 amide bonds. The summed E-state index contributed by atoms with van der Waals surface area (Å²) in [5.74, 6) is -0.0602. The van der Waals surface area contributed by atoms with E-state index in [1.54, 1.807) is 0 Å². The summed E-state index contributed by atoms with van der Waals surface area (Å²) in [6.45, 7) is 4.90. The molecule has 0 saturated carbocycles. The van der Waals surface area contributed by atoms with Crippen LogP contribution in [0.1, 0.15) is 271 Å². The fourth-order valence-electron chi connectivity index (χ4n) is 7.74. The van der Waals surface area contributed by atoms with Gasteiger partial charge in [-0.05, 0) is 77.0 Å². The Morgan fingerprint density at radius 3 is 1.24 bits per heavy atom. The van der Waals surface area contributed by atoms with Crippen LogP contribution in [0.2, 0.25) is 0 Å². The summed E-state index contributed by atoms with van der Waals surface area (Å²) in [6, 6.07) is -0.549. The fourth-order valence-corrected chi connectivity index (χ4v) is 7.74. The molecular formula is C52H99NO5. The minimum absolute atomic E-state index is 0.0115. The van der Waals surface area contributed by atoms with Crippen LogP contribution in [-0.2, 0) is 14.3 Å². The van der Waals surface area contributed by atoms with Gasteiger partial charge in [-0.1, -0.05) is 205 Å². The normalized spacial score (nSPS) is 12.8. The SMILES string of the molecule is CCCCCC/C=C\CCCCCCCC(=O)OCCCCCCCC/C=C\CCCCCCCCCC(=O)NC(CO)C(O)CCCCCCCCCCCCC. The van der Waals surface area contributed by atoms with Crippen LogP contribution in [0.3, 0.4) is 0 Å². The number of rotatable bonds is 47. The Hall–Kier alpha value is -1.66. The number of ether oxygens (including phenoxy) is 1. The number of carbonyl (C=O) groups is 2. The Kier molecular flexibility index (Phi) is 46.6. The molecular weight excluding hydrogens is 719 g/mol. The first-order valence-corrected chi connectivity index (χ1v) is 25.6. The molecule has 6 heteroatoms. The molecule has 0 spiro atoms. The van der Waals surface area contributed by atoms with E-state index in [2.05, 4.69) is 43.5 Å². The molecule has 0 aliphatic rings. The number of esters is 1. The van der Waals surface area contributed by atoms with Crippen LogP contribution in [0.25, 0.3) is 0 Å². The third kappa shape index (κ3) is 43.9. The molecule has 0 fully saturated rings. The predicted octanol–water partition coefficient (Wildman–Crippen LogP) is 15.1. The number of hydrogen-bond acceptors (Lipinski definition) is 5. The van der Waals surface area contributed by atoms with E-state index in [1.807, 2.05) is 0 Å². The maximum atomic E-state index is 12.4. The van der Waals surface area contributed by atoms with Gasteiger partial charge in [0.1, 0.15) is 0 Å². The van der Waals surface area contributed by atoms with Crippen molar-refractivity contribution in [3.05, 3.63) is 24.3 Å². The van der Waals surface area contributed by atoms with Crippen molar-refractivity contribution in [3.63, 3.8) is 0 Å². The Bertz CT molecular complexity index is 904. The molecule has 0 aromatic rings. The lowest BCUT2D eigenvalue weighted by molar-refractivity contribution is -0.143. The van der Waals surface area contributed by atoms with Gasteiger partial charge in [-0.25, -0.2) is 0 Å². The minimum atomic E-state index is -0.670. The molecule has 2 atom stereocenters. The summed E-state index contributed by atoms with van der Waals surface area (Å²) < 4.78 is 5.45. The second-order valence-electron chi connectivity index (χ2n) is 17.5. The van der Waals surface area contributed by atoms with E-state index in [-0.39, 0.29) is 18.5 Å². The van der Waals surface area contributed by atoms with Gasteiger partial charge in [0.05, 0.1) is 25.4 Å². The molecule has 0 aromatic heterocycles. The van der Waals surface area contributed by atoms with E-state index in [9.17, 15) is 19.8 Å². The standard InChI is InChI=1S/C52H99NO5/c1-3-5-7-9-11-13-15-21-26-30-34-38-42-46-52(57)58-47-43-39-35-31-27-23-20-18-16-17-19-22-25-29-33-37-41-45-51(56)53-49(48-54)50(55)44-40-36-32-28-24-14-12-10-8-6-4-2/h13,15-16,18,49-50,54-55H,3-12,14,17,19-48H2,1-2H3,(H,53,56)/b15-13-,18-16-. The van der Waals surface area contributed by atoms with Crippen molar-refractivity contribution in [2.45, 2.75) is 283 Å². The van der Waals surface area contributed by atoms with Crippen LogP contribution in [0, 0.1) is 0 Å². The van der Waals surface area contributed by atoms with Crippen molar-refractivity contribution >= 4 is 11.9 Å². The first-order valence-electron chi connectivity index (χ1n) is 25.6. The average molecular weight is 818 g/mol. The monoisotopic (exact) mass is 818 g/mol. The van der Waals surface area contributed by atoms with Gasteiger partial charge in [0, 0.05) is 12.8 Å². The number of carbonyl (C=O) groups excluding carboxylic acids is 2. The molecule has 0 aromatic carbocycles. The summed E-state index contributed by atoms with van der Waals surface area (Å²) in [5, 5.41) is 23.1. The maximum absolute atomic E-state index is 12.4. The summed E-state index contributed by atoms with van der Waals surface area (Å²) in [5.41, 5.74) is 0.